The van der Waals surface area contributed by atoms with Crippen LogP contribution in [0.1, 0.15) is 20.8 Å². The van der Waals surface area contributed by atoms with E-state index in [0.29, 0.717) is 0 Å². The molecule has 6 heteroatoms. The predicted octanol–water partition coefficient (Wildman–Crippen LogP) is -0.253. The van der Waals surface area contributed by atoms with Crippen LogP contribution in [0, 0.1) is 0 Å². The van der Waals surface area contributed by atoms with Crippen LogP contribution < -0.4 is 0 Å². The Morgan fingerprint density at radius 3 is 2.75 bits per heavy atom. The highest BCUT2D eigenvalue weighted by molar-refractivity contribution is 5.83. The number of hydrogen-bond acceptors (Lipinski definition) is 6. The zero-order valence-corrected chi connectivity index (χ0v) is 9.18. The van der Waals surface area contributed by atoms with Crippen LogP contribution >= 0.6 is 0 Å². The molecule has 0 N–H and O–H groups in total. The molecule has 1 spiro atoms. The largest absolute Gasteiger partial charge is 0.455 e. The van der Waals surface area contributed by atoms with E-state index in [4.69, 9.17) is 18.9 Å². The van der Waals surface area contributed by atoms with Crippen molar-refractivity contribution in [2.75, 3.05) is 0 Å². The third kappa shape index (κ3) is 1.03. The minimum absolute atomic E-state index is 0.420. The molecule has 3 rings (SSSR count). The number of hydrogen-bond donors (Lipinski definition) is 0. The lowest BCUT2D eigenvalue weighted by Crippen LogP contribution is -2.34. The van der Waals surface area contributed by atoms with E-state index < -0.39 is 41.6 Å². The maximum Gasteiger partial charge on any atom is 0.339 e. The van der Waals surface area contributed by atoms with Gasteiger partial charge in [-0.1, -0.05) is 0 Å². The summed E-state index contributed by atoms with van der Waals surface area (Å²) in [7, 11) is 0. The molecule has 2 saturated heterocycles. The Morgan fingerprint density at radius 2 is 2.12 bits per heavy atom. The Hall–Kier alpha value is -1.14. The number of rotatable bonds is 1. The van der Waals surface area contributed by atoms with E-state index in [-0.39, 0.29) is 0 Å². The lowest BCUT2D eigenvalue weighted by molar-refractivity contribution is -0.179. The van der Waals surface area contributed by atoms with Crippen molar-refractivity contribution >= 4 is 11.9 Å². The Kier molecular flexibility index (Phi) is 1.61. The van der Waals surface area contributed by atoms with Gasteiger partial charge < -0.3 is 18.9 Å². The fraction of sp³-hybridized carbons (Fsp3) is 0.800. The first-order valence-electron chi connectivity index (χ1n) is 5.12. The summed E-state index contributed by atoms with van der Waals surface area (Å²) in [4.78, 5) is 22.3. The summed E-state index contributed by atoms with van der Waals surface area (Å²) < 4.78 is 21.2. The van der Waals surface area contributed by atoms with Gasteiger partial charge in [0.2, 0.25) is 0 Å². The summed E-state index contributed by atoms with van der Waals surface area (Å²) in [6, 6.07) is 0. The van der Waals surface area contributed by atoms with Crippen molar-refractivity contribution in [1.29, 1.82) is 0 Å². The van der Waals surface area contributed by atoms with Gasteiger partial charge in [-0.2, -0.15) is 0 Å². The van der Waals surface area contributed by atoms with Gasteiger partial charge in [-0.3, -0.25) is 4.79 Å². The Bertz CT molecular complexity index is 389. The quantitative estimate of drug-likeness (QED) is 0.576. The van der Waals surface area contributed by atoms with Crippen molar-refractivity contribution in [1.82, 2.24) is 0 Å². The van der Waals surface area contributed by atoms with Crippen LogP contribution in [0.25, 0.3) is 0 Å². The van der Waals surface area contributed by atoms with Crippen LogP contribution in [0.4, 0.5) is 0 Å². The van der Waals surface area contributed by atoms with Gasteiger partial charge in [-0.05, 0) is 13.8 Å². The highest BCUT2D eigenvalue weighted by atomic mass is 16.8. The van der Waals surface area contributed by atoms with Gasteiger partial charge in [0.1, 0.15) is 0 Å². The average Bonchev–Trinajstić information content (AvgIpc) is 2.49. The van der Waals surface area contributed by atoms with E-state index in [0.717, 1.165) is 0 Å². The van der Waals surface area contributed by atoms with Gasteiger partial charge in [-0.25, -0.2) is 4.79 Å². The summed E-state index contributed by atoms with van der Waals surface area (Å²) in [5.41, 5.74) is -0.910. The van der Waals surface area contributed by atoms with Crippen molar-refractivity contribution in [2.24, 2.45) is 0 Å². The zero-order valence-electron chi connectivity index (χ0n) is 9.18. The molecule has 0 radical (unpaired) electrons. The SMILES string of the molecule is CC(=O)OC1[C@H]2OC(=O)[C@@H]3OC(C)(C)O[C@]123. The predicted molar refractivity (Wildman–Crippen MR) is 48.2 cm³/mol. The maximum atomic E-state index is 11.4. The summed E-state index contributed by atoms with van der Waals surface area (Å²) >= 11 is 0. The number of ether oxygens (including phenoxy) is 4. The van der Waals surface area contributed by atoms with Gasteiger partial charge in [0.15, 0.2) is 29.7 Å². The standard InChI is InChI=1S/C10H12O6/c1-4(11)13-5-6-10(5)7(8(12)14-6)15-9(2,3)16-10/h5-7H,1-3H3/t5?,6-,7+,10-/m1/s1. The summed E-state index contributed by atoms with van der Waals surface area (Å²) in [6.07, 6.45) is -1.83. The normalized spacial score (nSPS) is 46.9. The molecule has 0 aromatic heterocycles. The zero-order chi connectivity index (χ0) is 11.7. The third-order valence-electron chi connectivity index (χ3n) is 3.04. The highest BCUT2D eigenvalue weighted by Gasteiger charge is 2.87. The van der Waals surface area contributed by atoms with Gasteiger partial charge in [0.05, 0.1) is 0 Å². The van der Waals surface area contributed by atoms with Crippen LogP contribution in [0.3, 0.4) is 0 Å². The molecular formula is C10H12O6. The smallest absolute Gasteiger partial charge is 0.339 e. The Balaban J connectivity index is 1.88. The molecule has 3 fully saturated rings. The van der Waals surface area contributed by atoms with Crippen LogP contribution in [0.5, 0.6) is 0 Å². The molecular weight excluding hydrogens is 216 g/mol. The van der Waals surface area contributed by atoms with Crippen molar-refractivity contribution in [2.45, 2.75) is 50.5 Å². The van der Waals surface area contributed by atoms with Gasteiger partial charge in [0, 0.05) is 6.92 Å². The first kappa shape index (κ1) is 10.0. The van der Waals surface area contributed by atoms with Crippen LogP contribution in [-0.2, 0) is 28.5 Å². The molecule has 3 aliphatic rings. The molecule has 0 amide bonds. The number of carbonyl (C=O) groups excluding carboxylic acids is 2. The molecule has 2 aliphatic heterocycles. The monoisotopic (exact) mass is 228 g/mol. The van der Waals surface area contributed by atoms with Crippen molar-refractivity contribution in [3.63, 3.8) is 0 Å². The van der Waals surface area contributed by atoms with Crippen LogP contribution in [0.15, 0.2) is 0 Å². The Morgan fingerprint density at radius 1 is 1.44 bits per heavy atom. The van der Waals surface area contributed by atoms with E-state index >= 15 is 0 Å². The molecule has 0 bridgehead atoms. The van der Waals surface area contributed by atoms with Crippen molar-refractivity contribution < 1.29 is 28.5 Å². The van der Waals surface area contributed by atoms with Crippen molar-refractivity contribution in [3.8, 4) is 0 Å². The van der Waals surface area contributed by atoms with Crippen LogP contribution in [0.2, 0.25) is 0 Å². The lowest BCUT2D eigenvalue weighted by Gasteiger charge is -2.16. The Labute approximate surface area is 91.8 Å². The second-order valence-electron chi connectivity index (χ2n) is 4.74. The second-order valence-corrected chi connectivity index (χ2v) is 4.74. The van der Waals surface area contributed by atoms with E-state index in [1.165, 1.54) is 6.92 Å². The number of carbonyl (C=O) groups is 2. The molecule has 4 atom stereocenters. The molecule has 1 saturated carbocycles. The molecule has 88 valence electrons. The molecule has 2 heterocycles. The second kappa shape index (κ2) is 2.57. The van der Waals surface area contributed by atoms with E-state index in [1.807, 2.05) is 0 Å². The van der Waals surface area contributed by atoms with E-state index in [9.17, 15) is 9.59 Å². The summed E-state index contributed by atoms with van der Waals surface area (Å²) in [5.74, 6) is -1.71. The summed E-state index contributed by atoms with van der Waals surface area (Å²) in [5, 5.41) is 0. The fourth-order valence-electron chi connectivity index (χ4n) is 2.52. The molecule has 1 unspecified atom stereocenters. The van der Waals surface area contributed by atoms with E-state index in [2.05, 4.69) is 0 Å². The first-order chi connectivity index (χ1) is 7.37. The molecule has 0 aromatic rings. The fourth-order valence-corrected chi connectivity index (χ4v) is 2.52. The summed E-state index contributed by atoms with van der Waals surface area (Å²) in [6.45, 7) is 4.74. The molecule has 1 aliphatic carbocycles. The minimum Gasteiger partial charge on any atom is -0.455 e. The van der Waals surface area contributed by atoms with E-state index in [1.54, 1.807) is 13.8 Å². The molecule has 0 aromatic carbocycles. The lowest BCUT2D eigenvalue weighted by atomic mass is 10.2. The third-order valence-corrected chi connectivity index (χ3v) is 3.04. The topological polar surface area (TPSA) is 71.1 Å². The first-order valence-corrected chi connectivity index (χ1v) is 5.12. The minimum atomic E-state index is -0.910. The highest BCUT2D eigenvalue weighted by Crippen LogP contribution is 2.60. The van der Waals surface area contributed by atoms with Gasteiger partial charge in [0.25, 0.3) is 0 Å². The van der Waals surface area contributed by atoms with Gasteiger partial charge in [-0.15, -0.1) is 0 Å². The maximum absolute atomic E-state index is 11.4. The number of esters is 2. The molecule has 16 heavy (non-hydrogen) atoms. The average molecular weight is 228 g/mol. The molecule has 6 nitrogen and oxygen atoms in total. The van der Waals surface area contributed by atoms with Gasteiger partial charge >= 0.3 is 11.9 Å². The van der Waals surface area contributed by atoms with Crippen molar-refractivity contribution in [3.05, 3.63) is 0 Å². The van der Waals surface area contributed by atoms with Crippen LogP contribution in [-0.4, -0.2) is 41.6 Å².